The van der Waals surface area contributed by atoms with E-state index in [0.29, 0.717) is 50.1 Å². The standard InChI is InChI=1S/C29H33N9O4/c1-2-42-29(40)37-13-9-23(10-14-37)38-27-24(19-31-38)26(36-15-17-41-18-16-36)34-25(35-27)20-3-5-21(6-4-20)32-28(39)33-22-7-11-30-12-8-22/h3-8,11-12,19,23H,2,9-10,13-18H2,1H3,(H2,30,32,33,39). The van der Waals surface area contributed by atoms with Gasteiger partial charge in [-0.05, 0) is 56.2 Å². The molecule has 0 radical (unpaired) electrons. The van der Waals surface area contributed by atoms with Crippen LogP contribution < -0.4 is 15.5 Å². The number of ether oxygens (including phenoxy) is 2. The Bertz CT molecular complexity index is 1530. The average Bonchev–Trinajstić information content (AvgIpc) is 3.46. The summed E-state index contributed by atoms with van der Waals surface area (Å²) >= 11 is 0. The van der Waals surface area contributed by atoms with Gasteiger partial charge in [-0.3, -0.25) is 4.98 Å². The number of urea groups is 1. The first kappa shape index (κ1) is 27.4. The van der Waals surface area contributed by atoms with E-state index in [4.69, 9.17) is 24.5 Å². The quantitative estimate of drug-likeness (QED) is 0.349. The summed E-state index contributed by atoms with van der Waals surface area (Å²) in [6, 6.07) is 10.6. The molecule has 2 aliphatic rings. The van der Waals surface area contributed by atoms with Crippen LogP contribution in [-0.2, 0) is 9.47 Å². The van der Waals surface area contributed by atoms with Crippen LogP contribution in [0.3, 0.4) is 0 Å². The number of nitrogens with one attached hydrogen (secondary N) is 2. The van der Waals surface area contributed by atoms with Crippen LogP contribution in [0.5, 0.6) is 0 Å². The molecule has 13 heteroatoms. The molecular weight excluding hydrogens is 538 g/mol. The van der Waals surface area contributed by atoms with Crippen molar-refractivity contribution in [2.24, 2.45) is 0 Å². The molecule has 1 aromatic carbocycles. The van der Waals surface area contributed by atoms with E-state index in [1.807, 2.05) is 42.1 Å². The number of hydrogen-bond donors (Lipinski definition) is 2. The van der Waals surface area contributed by atoms with Crippen LogP contribution in [0.4, 0.5) is 26.8 Å². The van der Waals surface area contributed by atoms with Crippen molar-refractivity contribution < 1.29 is 19.1 Å². The number of nitrogens with zero attached hydrogens (tertiary/aromatic N) is 7. The fourth-order valence-electron chi connectivity index (χ4n) is 5.26. The third-order valence-electron chi connectivity index (χ3n) is 7.42. The zero-order valence-electron chi connectivity index (χ0n) is 23.4. The van der Waals surface area contributed by atoms with E-state index in [9.17, 15) is 9.59 Å². The number of hydrogen-bond acceptors (Lipinski definition) is 9. The highest BCUT2D eigenvalue weighted by molar-refractivity contribution is 5.99. The summed E-state index contributed by atoms with van der Waals surface area (Å²) in [5, 5.41) is 11.3. The van der Waals surface area contributed by atoms with E-state index < -0.39 is 0 Å². The van der Waals surface area contributed by atoms with Crippen molar-refractivity contribution in [3.05, 3.63) is 55.0 Å². The molecule has 0 saturated carbocycles. The minimum Gasteiger partial charge on any atom is -0.450 e. The molecule has 3 amide bonds. The molecule has 0 unspecified atom stereocenters. The third kappa shape index (κ3) is 5.96. The van der Waals surface area contributed by atoms with Crippen molar-refractivity contribution in [3.63, 3.8) is 0 Å². The largest absolute Gasteiger partial charge is 0.450 e. The second kappa shape index (κ2) is 12.4. The molecule has 0 spiro atoms. The Morgan fingerprint density at radius 3 is 2.33 bits per heavy atom. The summed E-state index contributed by atoms with van der Waals surface area (Å²) in [4.78, 5) is 42.5. The Morgan fingerprint density at radius 1 is 0.952 bits per heavy atom. The number of benzene rings is 1. The number of anilines is 3. The lowest BCUT2D eigenvalue weighted by atomic mass is 10.1. The van der Waals surface area contributed by atoms with E-state index in [2.05, 4.69) is 20.5 Å². The SMILES string of the molecule is CCOC(=O)N1CCC(n2ncc3c(N4CCOCC4)nc(-c4ccc(NC(=O)Nc5ccncc5)cc4)nc32)CC1. The molecule has 2 fully saturated rings. The molecule has 6 rings (SSSR count). The zero-order valence-corrected chi connectivity index (χ0v) is 23.4. The summed E-state index contributed by atoms with van der Waals surface area (Å²) < 4.78 is 12.7. The predicted octanol–water partition coefficient (Wildman–Crippen LogP) is 4.16. The van der Waals surface area contributed by atoms with Crippen LogP contribution in [0.15, 0.2) is 55.0 Å². The first-order chi connectivity index (χ1) is 20.6. The molecule has 4 aromatic rings. The summed E-state index contributed by atoms with van der Waals surface area (Å²) in [5.41, 5.74) is 2.87. The summed E-state index contributed by atoms with van der Waals surface area (Å²) in [5.74, 6) is 1.40. The first-order valence-electron chi connectivity index (χ1n) is 14.2. The molecule has 5 heterocycles. The van der Waals surface area contributed by atoms with Crippen LogP contribution >= 0.6 is 0 Å². The van der Waals surface area contributed by atoms with E-state index >= 15 is 0 Å². The minimum absolute atomic E-state index is 0.0962. The van der Waals surface area contributed by atoms with Gasteiger partial charge in [-0.25, -0.2) is 24.2 Å². The number of likely N-dealkylation sites (tertiary alicyclic amines) is 1. The monoisotopic (exact) mass is 571 g/mol. The fourth-order valence-corrected chi connectivity index (χ4v) is 5.26. The number of carbonyl (C=O) groups is 2. The van der Waals surface area contributed by atoms with Gasteiger partial charge in [0.15, 0.2) is 11.5 Å². The van der Waals surface area contributed by atoms with Gasteiger partial charge < -0.3 is 29.9 Å². The summed E-state index contributed by atoms with van der Waals surface area (Å²) in [6.45, 7) is 6.09. The lowest BCUT2D eigenvalue weighted by molar-refractivity contribution is 0.0919. The number of morpholine rings is 1. The number of aromatic nitrogens is 5. The van der Waals surface area contributed by atoms with Crippen LogP contribution in [-0.4, -0.2) is 87.8 Å². The molecule has 13 nitrogen and oxygen atoms in total. The van der Waals surface area contributed by atoms with E-state index in [-0.39, 0.29) is 18.2 Å². The van der Waals surface area contributed by atoms with Gasteiger partial charge in [-0.2, -0.15) is 5.10 Å². The Balaban J connectivity index is 1.26. The smallest absolute Gasteiger partial charge is 0.409 e. The topological polar surface area (TPSA) is 140 Å². The van der Waals surface area contributed by atoms with Gasteiger partial charge in [0.1, 0.15) is 5.82 Å². The maximum atomic E-state index is 12.4. The number of carbonyl (C=O) groups excluding carboxylic acids is 2. The molecular formula is C29H33N9O4. The van der Waals surface area contributed by atoms with Crippen molar-refractivity contribution in [1.82, 2.24) is 29.6 Å². The second-order valence-corrected chi connectivity index (χ2v) is 10.1. The Labute approximate surface area is 242 Å². The highest BCUT2D eigenvalue weighted by Crippen LogP contribution is 2.32. The van der Waals surface area contributed by atoms with E-state index in [1.165, 1.54) is 0 Å². The molecule has 42 heavy (non-hydrogen) atoms. The van der Waals surface area contributed by atoms with Crippen LogP contribution in [0, 0.1) is 0 Å². The van der Waals surface area contributed by atoms with Crippen molar-refractivity contribution in [3.8, 4) is 11.4 Å². The molecule has 0 atom stereocenters. The molecule has 2 N–H and O–H groups in total. The van der Waals surface area contributed by atoms with Crippen LogP contribution in [0.25, 0.3) is 22.4 Å². The highest BCUT2D eigenvalue weighted by Gasteiger charge is 2.28. The lowest BCUT2D eigenvalue weighted by Gasteiger charge is -2.31. The fraction of sp³-hybridized carbons (Fsp3) is 0.379. The first-order valence-corrected chi connectivity index (χ1v) is 14.2. The minimum atomic E-state index is -0.348. The molecule has 0 aliphatic carbocycles. The molecule has 0 bridgehead atoms. The Hall–Kier alpha value is -4.78. The molecule has 2 saturated heterocycles. The van der Waals surface area contributed by atoms with Crippen molar-refractivity contribution in [2.75, 3.05) is 61.5 Å². The number of piperidine rings is 1. The maximum Gasteiger partial charge on any atom is 0.409 e. The van der Waals surface area contributed by atoms with Gasteiger partial charge in [0, 0.05) is 55.5 Å². The van der Waals surface area contributed by atoms with E-state index in [0.717, 1.165) is 48.3 Å². The Kier molecular flexibility index (Phi) is 8.08. The lowest BCUT2D eigenvalue weighted by Crippen LogP contribution is -2.39. The van der Waals surface area contributed by atoms with Crippen LogP contribution in [0.1, 0.15) is 25.8 Å². The number of fused-ring (bicyclic) bond motifs is 1. The third-order valence-corrected chi connectivity index (χ3v) is 7.42. The van der Waals surface area contributed by atoms with Gasteiger partial charge in [-0.15, -0.1) is 0 Å². The summed E-state index contributed by atoms with van der Waals surface area (Å²) in [6.07, 6.45) is 6.31. The van der Waals surface area contributed by atoms with Crippen molar-refractivity contribution >= 4 is 40.4 Å². The maximum absolute atomic E-state index is 12.4. The normalized spacial score (nSPS) is 15.9. The molecule has 3 aromatic heterocycles. The van der Waals surface area contributed by atoms with Gasteiger partial charge >= 0.3 is 12.1 Å². The second-order valence-electron chi connectivity index (χ2n) is 10.1. The van der Waals surface area contributed by atoms with Crippen molar-refractivity contribution in [2.45, 2.75) is 25.8 Å². The van der Waals surface area contributed by atoms with Gasteiger partial charge in [-0.1, -0.05) is 0 Å². The van der Waals surface area contributed by atoms with Gasteiger partial charge in [0.25, 0.3) is 0 Å². The van der Waals surface area contributed by atoms with Gasteiger partial charge in [0.05, 0.1) is 37.4 Å². The average molecular weight is 572 g/mol. The predicted molar refractivity (Wildman–Crippen MR) is 158 cm³/mol. The number of amides is 3. The highest BCUT2D eigenvalue weighted by atomic mass is 16.6. The Morgan fingerprint density at radius 2 is 1.64 bits per heavy atom. The summed E-state index contributed by atoms with van der Waals surface area (Å²) in [7, 11) is 0. The number of rotatable bonds is 6. The van der Waals surface area contributed by atoms with E-state index in [1.54, 1.807) is 29.4 Å². The molecule has 218 valence electrons. The zero-order chi connectivity index (χ0) is 28.9. The van der Waals surface area contributed by atoms with Crippen LogP contribution in [0.2, 0.25) is 0 Å². The van der Waals surface area contributed by atoms with Crippen molar-refractivity contribution in [1.29, 1.82) is 0 Å². The molecule has 2 aliphatic heterocycles. The number of pyridine rings is 1. The van der Waals surface area contributed by atoms with Gasteiger partial charge in [0.2, 0.25) is 0 Å².